The fourth-order valence-corrected chi connectivity index (χ4v) is 1.64. The number of aromatic nitrogens is 2. The van der Waals surface area contributed by atoms with Crippen LogP contribution < -0.4 is 4.74 Å². The Hall–Kier alpha value is -1.16. The molecule has 1 N–H and O–H groups in total. The molecular weight excluding hydrogens is 216 g/mol. The average Bonchev–Trinajstić information content (AvgIpc) is 2.35. The molecule has 96 valence electrons. The van der Waals surface area contributed by atoms with Gasteiger partial charge in [0.15, 0.2) is 0 Å². The number of aliphatic hydroxyl groups excluding tert-OH is 1. The second-order valence-electron chi connectivity index (χ2n) is 4.28. The van der Waals surface area contributed by atoms with Gasteiger partial charge in [0.05, 0.1) is 30.8 Å². The third-order valence-corrected chi connectivity index (χ3v) is 2.61. The Morgan fingerprint density at radius 1 is 1.29 bits per heavy atom. The normalized spacial score (nSPS) is 12.4. The number of hydrogen-bond acceptors (Lipinski definition) is 4. The Bertz CT molecular complexity index is 318. The summed E-state index contributed by atoms with van der Waals surface area (Å²) in [6.07, 6.45) is 9.28. The highest BCUT2D eigenvalue weighted by atomic mass is 16.5. The molecule has 0 aromatic carbocycles. The second-order valence-corrected chi connectivity index (χ2v) is 4.28. The number of aliphatic hydroxyl groups is 1. The minimum Gasteiger partial charge on any atom is -0.474 e. The molecule has 17 heavy (non-hydrogen) atoms. The summed E-state index contributed by atoms with van der Waals surface area (Å²) in [5, 5.41) is 8.94. The molecule has 1 heterocycles. The molecule has 0 fully saturated rings. The number of ether oxygens (including phenoxy) is 1. The van der Waals surface area contributed by atoms with Crippen LogP contribution in [0.3, 0.4) is 0 Å². The summed E-state index contributed by atoms with van der Waals surface area (Å²) in [5.41, 5.74) is 0.542. The summed E-state index contributed by atoms with van der Waals surface area (Å²) in [5.74, 6) is 0.500. The Labute approximate surface area is 103 Å². The van der Waals surface area contributed by atoms with E-state index in [1.165, 1.54) is 25.7 Å². The van der Waals surface area contributed by atoms with Gasteiger partial charge in [-0.05, 0) is 19.8 Å². The van der Waals surface area contributed by atoms with Gasteiger partial charge in [-0.3, -0.25) is 4.98 Å². The molecule has 1 atom stereocenters. The van der Waals surface area contributed by atoms with Crippen LogP contribution in [0.1, 0.15) is 51.6 Å². The van der Waals surface area contributed by atoms with Gasteiger partial charge in [-0.1, -0.05) is 26.2 Å². The standard InChI is InChI=1S/C13H22N2O2/c1-3-4-5-6-7-11(2)17-13-9-14-8-12(10-16)15-13/h8-9,11,16H,3-7,10H2,1-2H3. The van der Waals surface area contributed by atoms with Crippen LogP contribution in [0.5, 0.6) is 5.88 Å². The van der Waals surface area contributed by atoms with Crippen molar-refractivity contribution in [2.24, 2.45) is 0 Å². The van der Waals surface area contributed by atoms with Crippen LogP contribution in [-0.2, 0) is 6.61 Å². The summed E-state index contributed by atoms with van der Waals surface area (Å²) in [6.45, 7) is 4.14. The van der Waals surface area contributed by atoms with Crippen LogP contribution in [0, 0.1) is 0 Å². The van der Waals surface area contributed by atoms with Crippen molar-refractivity contribution in [1.29, 1.82) is 0 Å². The van der Waals surface area contributed by atoms with Gasteiger partial charge in [-0.25, -0.2) is 4.98 Å². The molecule has 0 saturated heterocycles. The lowest BCUT2D eigenvalue weighted by molar-refractivity contribution is 0.194. The monoisotopic (exact) mass is 238 g/mol. The predicted octanol–water partition coefficient (Wildman–Crippen LogP) is 2.71. The number of nitrogens with zero attached hydrogens (tertiary/aromatic N) is 2. The van der Waals surface area contributed by atoms with E-state index in [0.717, 1.165) is 6.42 Å². The Balaban J connectivity index is 2.31. The second kappa shape index (κ2) is 8.01. The van der Waals surface area contributed by atoms with Crippen molar-refractivity contribution in [3.05, 3.63) is 18.1 Å². The molecule has 0 aliphatic carbocycles. The first-order valence-electron chi connectivity index (χ1n) is 6.34. The van der Waals surface area contributed by atoms with Crippen molar-refractivity contribution in [1.82, 2.24) is 9.97 Å². The van der Waals surface area contributed by atoms with E-state index in [1.807, 2.05) is 6.92 Å². The van der Waals surface area contributed by atoms with Gasteiger partial charge >= 0.3 is 0 Å². The van der Waals surface area contributed by atoms with Gasteiger partial charge in [0, 0.05) is 0 Å². The van der Waals surface area contributed by atoms with Crippen molar-refractivity contribution >= 4 is 0 Å². The lowest BCUT2D eigenvalue weighted by Crippen LogP contribution is -2.13. The van der Waals surface area contributed by atoms with Crippen molar-refractivity contribution in [3.63, 3.8) is 0 Å². The maximum absolute atomic E-state index is 8.94. The molecule has 0 amide bonds. The largest absolute Gasteiger partial charge is 0.474 e. The summed E-state index contributed by atoms with van der Waals surface area (Å²) in [6, 6.07) is 0. The first kappa shape index (κ1) is 13.9. The van der Waals surface area contributed by atoms with Crippen molar-refractivity contribution in [3.8, 4) is 5.88 Å². The van der Waals surface area contributed by atoms with E-state index >= 15 is 0 Å². The third kappa shape index (κ3) is 5.63. The zero-order chi connectivity index (χ0) is 12.5. The van der Waals surface area contributed by atoms with Crippen molar-refractivity contribution in [2.45, 2.75) is 58.7 Å². The first-order valence-corrected chi connectivity index (χ1v) is 6.34. The van der Waals surface area contributed by atoms with Crippen LogP contribution in [0.15, 0.2) is 12.4 Å². The van der Waals surface area contributed by atoms with Gasteiger partial charge in [0.1, 0.15) is 0 Å². The van der Waals surface area contributed by atoms with Gasteiger partial charge < -0.3 is 9.84 Å². The highest BCUT2D eigenvalue weighted by molar-refractivity contribution is 5.07. The lowest BCUT2D eigenvalue weighted by atomic mass is 10.1. The van der Waals surface area contributed by atoms with E-state index in [0.29, 0.717) is 11.6 Å². The highest BCUT2D eigenvalue weighted by Crippen LogP contribution is 2.12. The average molecular weight is 238 g/mol. The molecule has 0 aliphatic heterocycles. The van der Waals surface area contributed by atoms with Crippen molar-refractivity contribution < 1.29 is 9.84 Å². The fraction of sp³-hybridized carbons (Fsp3) is 0.692. The highest BCUT2D eigenvalue weighted by Gasteiger charge is 2.05. The molecule has 1 aromatic heterocycles. The van der Waals surface area contributed by atoms with E-state index in [1.54, 1.807) is 12.4 Å². The van der Waals surface area contributed by atoms with Crippen LogP contribution in [0.2, 0.25) is 0 Å². The van der Waals surface area contributed by atoms with E-state index in [9.17, 15) is 0 Å². The van der Waals surface area contributed by atoms with E-state index in [2.05, 4.69) is 16.9 Å². The summed E-state index contributed by atoms with van der Waals surface area (Å²) in [4.78, 5) is 8.11. The molecule has 1 unspecified atom stereocenters. The molecule has 0 bridgehead atoms. The van der Waals surface area contributed by atoms with Crippen LogP contribution in [0.25, 0.3) is 0 Å². The molecule has 0 spiro atoms. The first-order chi connectivity index (χ1) is 8.26. The predicted molar refractivity (Wildman–Crippen MR) is 66.8 cm³/mol. The van der Waals surface area contributed by atoms with Crippen molar-refractivity contribution in [2.75, 3.05) is 0 Å². The molecule has 1 rings (SSSR count). The maximum Gasteiger partial charge on any atom is 0.232 e. The van der Waals surface area contributed by atoms with Crippen LogP contribution >= 0.6 is 0 Å². The minimum absolute atomic E-state index is 0.102. The smallest absolute Gasteiger partial charge is 0.232 e. The number of hydrogen-bond donors (Lipinski definition) is 1. The van der Waals surface area contributed by atoms with Crippen LogP contribution in [-0.4, -0.2) is 21.2 Å². The topological polar surface area (TPSA) is 55.2 Å². The number of unbranched alkanes of at least 4 members (excludes halogenated alkanes) is 3. The zero-order valence-electron chi connectivity index (χ0n) is 10.7. The minimum atomic E-state index is -0.102. The van der Waals surface area contributed by atoms with Gasteiger partial charge in [-0.15, -0.1) is 0 Å². The Kier molecular flexibility index (Phi) is 6.55. The molecule has 0 aliphatic rings. The Morgan fingerprint density at radius 2 is 2.12 bits per heavy atom. The van der Waals surface area contributed by atoms with Gasteiger partial charge in [0.2, 0.25) is 5.88 Å². The quantitative estimate of drug-likeness (QED) is 0.707. The number of rotatable bonds is 8. The third-order valence-electron chi connectivity index (χ3n) is 2.61. The molecule has 4 nitrogen and oxygen atoms in total. The van der Waals surface area contributed by atoms with Gasteiger partial charge in [-0.2, -0.15) is 0 Å². The summed E-state index contributed by atoms with van der Waals surface area (Å²) >= 11 is 0. The molecule has 4 heteroatoms. The molecule has 0 radical (unpaired) electrons. The molecule has 1 aromatic rings. The van der Waals surface area contributed by atoms with Gasteiger partial charge in [0.25, 0.3) is 0 Å². The van der Waals surface area contributed by atoms with E-state index in [-0.39, 0.29) is 12.7 Å². The van der Waals surface area contributed by atoms with Crippen LogP contribution in [0.4, 0.5) is 0 Å². The summed E-state index contributed by atoms with van der Waals surface area (Å²) in [7, 11) is 0. The Morgan fingerprint density at radius 3 is 2.82 bits per heavy atom. The SMILES string of the molecule is CCCCCCC(C)Oc1cncc(CO)n1. The molecule has 0 saturated carbocycles. The maximum atomic E-state index is 8.94. The molecular formula is C13H22N2O2. The van der Waals surface area contributed by atoms with E-state index < -0.39 is 0 Å². The zero-order valence-corrected chi connectivity index (χ0v) is 10.7. The summed E-state index contributed by atoms with van der Waals surface area (Å²) < 4.78 is 5.65. The lowest BCUT2D eigenvalue weighted by Gasteiger charge is -2.13. The van der Waals surface area contributed by atoms with E-state index in [4.69, 9.17) is 9.84 Å². The fourth-order valence-electron chi connectivity index (χ4n) is 1.64.